The molecule has 0 aliphatic carbocycles. The van der Waals surface area contributed by atoms with Crippen molar-refractivity contribution in [3.63, 3.8) is 0 Å². The third-order valence-corrected chi connectivity index (χ3v) is 5.95. The van der Waals surface area contributed by atoms with Crippen LogP contribution in [0.15, 0.2) is 66.7 Å². The van der Waals surface area contributed by atoms with E-state index in [1.165, 1.54) is 11.6 Å². The molecule has 0 radical (unpaired) electrons. The fraction of sp³-hybridized carbons (Fsp3) is 0.222. The third-order valence-electron chi connectivity index (χ3n) is 5.95. The van der Waals surface area contributed by atoms with Crippen molar-refractivity contribution in [2.24, 2.45) is 0 Å². The number of nitrogens with zero attached hydrogens (tertiary/aromatic N) is 1. The number of carboxylic acids is 1. The molecule has 0 unspecified atom stereocenters. The largest absolute Gasteiger partial charge is 0.478 e. The first-order valence-corrected chi connectivity index (χ1v) is 11.2. The Morgan fingerprint density at radius 3 is 2.41 bits per heavy atom. The van der Waals surface area contributed by atoms with Crippen LogP contribution in [0, 0.1) is 10.8 Å². The number of nitrogens with one attached hydrogen (secondary N) is 2. The summed E-state index contributed by atoms with van der Waals surface area (Å²) in [6.45, 7) is 4.17. The van der Waals surface area contributed by atoms with Crippen LogP contribution < -0.4 is 5.73 Å². The van der Waals surface area contributed by atoms with Crippen LogP contribution in [0.1, 0.15) is 27.0 Å². The number of benzene rings is 3. The fourth-order valence-electron chi connectivity index (χ4n) is 4.09. The molecule has 0 spiro atoms. The number of anilines is 1. The lowest BCUT2D eigenvalue weighted by Gasteiger charge is -2.26. The molecule has 34 heavy (non-hydrogen) atoms. The van der Waals surface area contributed by atoms with Gasteiger partial charge in [0.25, 0.3) is 0 Å². The van der Waals surface area contributed by atoms with Gasteiger partial charge in [-0.05, 0) is 46.5 Å². The summed E-state index contributed by atoms with van der Waals surface area (Å²) in [6.07, 6.45) is 0.327. The average molecular weight is 457 g/mol. The quantitative estimate of drug-likeness (QED) is 0.300. The van der Waals surface area contributed by atoms with Gasteiger partial charge in [-0.1, -0.05) is 42.5 Å². The average Bonchev–Trinajstić information content (AvgIpc) is 2.85. The van der Waals surface area contributed by atoms with E-state index < -0.39 is 5.97 Å². The summed E-state index contributed by atoms with van der Waals surface area (Å²) < 4.78 is 5.41. The van der Waals surface area contributed by atoms with E-state index in [0.717, 1.165) is 49.5 Å². The van der Waals surface area contributed by atoms with Gasteiger partial charge in [-0.3, -0.25) is 10.3 Å². The van der Waals surface area contributed by atoms with E-state index in [0.29, 0.717) is 17.7 Å². The summed E-state index contributed by atoms with van der Waals surface area (Å²) in [5.41, 5.74) is 11.1. The SMILES string of the molecule is N=C(Cc1cccc(CN2CCOCC2)c1)C(=N)c1cc(-c2cccc(C(=O)O)c2)ccc1N. The van der Waals surface area contributed by atoms with Gasteiger partial charge in [0.2, 0.25) is 0 Å². The summed E-state index contributed by atoms with van der Waals surface area (Å²) >= 11 is 0. The first kappa shape index (κ1) is 23.4. The second-order valence-electron chi connectivity index (χ2n) is 8.43. The number of ether oxygens (including phenoxy) is 1. The number of hydrogen-bond acceptors (Lipinski definition) is 6. The summed E-state index contributed by atoms with van der Waals surface area (Å²) in [7, 11) is 0. The number of morpholine rings is 1. The topological polar surface area (TPSA) is 123 Å². The number of nitrogens with two attached hydrogens (primary N) is 1. The number of carboxylic acid groups (broad SMARTS) is 1. The predicted octanol–water partition coefficient (Wildman–Crippen LogP) is 4.10. The molecule has 0 aromatic heterocycles. The normalized spacial score (nSPS) is 14.0. The lowest BCUT2D eigenvalue weighted by Crippen LogP contribution is -2.35. The highest BCUT2D eigenvalue weighted by Gasteiger charge is 2.15. The number of carbonyl (C=O) groups is 1. The van der Waals surface area contributed by atoms with E-state index in [-0.39, 0.29) is 17.0 Å². The summed E-state index contributed by atoms with van der Waals surface area (Å²) in [5.74, 6) is -0.997. The molecule has 0 saturated carbocycles. The first-order valence-electron chi connectivity index (χ1n) is 11.2. The highest BCUT2D eigenvalue weighted by molar-refractivity contribution is 6.47. The Morgan fingerprint density at radius 2 is 1.65 bits per heavy atom. The molecule has 4 rings (SSSR count). The highest BCUT2D eigenvalue weighted by atomic mass is 16.5. The Labute approximate surface area is 198 Å². The molecular weight excluding hydrogens is 428 g/mol. The molecule has 1 saturated heterocycles. The van der Waals surface area contributed by atoms with Gasteiger partial charge >= 0.3 is 5.97 Å². The standard InChI is InChI=1S/C27H28N4O3/c28-24-8-7-21(20-5-2-6-22(15-20)27(32)33)16-23(24)26(30)25(29)14-18-3-1-4-19(13-18)17-31-9-11-34-12-10-31/h1-8,13,15-16,29-30H,9-12,14,17,28H2,(H,32,33). The van der Waals surface area contributed by atoms with Gasteiger partial charge in [0.15, 0.2) is 0 Å². The van der Waals surface area contributed by atoms with Gasteiger partial charge in [-0.2, -0.15) is 0 Å². The van der Waals surface area contributed by atoms with Crippen molar-refractivity contribution >= 4 is 23.1 Å². The predicted molar refractivity (Wildman–Crippen MR) is 134 cm³/mol. The monoisotopic (exact) mass is 456 g/mol. The van der Waals surface area contributed by atoms with Crippen molar-refractivity contribution in [2.75, 3.05) is 32.0 Å². The summed E-state index contributed by atoms with van der Waals surface area (Å²) in [4.78, 5) is 13.7. The van der Waals surface area contributed by atoms with Crippen LogP contribution >= 0.6 is 0 Å². The number of aromatic carboxylic acids is 1. The smallest absolute Gasteiger partial charge is 0.335 e. The van der Waals surface area contributed by atoms with Crippen molar-refractivity contribution in [2.45, 2.75) is 13.0 Å². The molecule has 7 heteroatoms. The lowest BCUT2D eigenvalue weighted by atomic mass is 9.94. The fourth-order valence-corrected chi connectivity index (χ4v) is 4.09. The van der Waals surface area contributed by atoms with Crippen LogP contribution in [0.5, 0.6) is 0 Å². The van der Waals surface area contributed by atoms with Crippen molar-refractivity contribution in [3.8, 4) is 11.1 Å². The Bertz CT molecular complexity index is 1230. The minimum Gasteiger partial charge on any atom is -0.478 e. The van der Waals surface area contributed by atoms with Crippen LogP contribution in [-0.2, 0) is 17.7 Å². The molecule has 3 aromatic carbocycles. The van der Waals surface area contributed by atoms with Crippen LogP contribution in [0.4, 0.5) is 5.69 Å². The lowest BCUT2D eigenvalue weighted by molar-refractivity contribution is 0.0342. The molecule has 5 N–H and O–H groups in total. The molecule has 1 aliphatic heterocycles. The number of nitrogen functional groups attached to an aromatic ring is 1. The molecule has 1 heterocycles. The van der Waals surface area contributed by atoms with E-state index in [1.54, 1.807) is 30.3 Å². The maximum Gasteiger partial charge on any atom is 0.335 e. The zero-order chi connectivity index (χ0) is 24.1. The van der Waals surface area contributed by atoms with E-state index in [4.69, 9.17) is 21.3 Å². The van der Waals surface area contributed by atoms with Gasteiger partial charge in [-0.25, -0.2) is 4.79 Å². The molecule has 1 aliphatic rings. The van der Waals surface area contributed by atoms with Crippen LogP contribution in [0.3, 0.4) is 0 Å². The van der Waals surface area contributed by atoms with Gasteiger partial charge in [0.05, 0.1) is 30.2 Å². The van der Waals surface area contributed by atoms with Crippen molar-refractivity contribution in [1.82, 2.24) is 4.90 Å². The van der Waals surface area contributed by atoms with E-state index in [2.05, 4.69) is 17.0 Å². The molecule has 0 bridgehead atoms. The zero-order valence-corrected chi connectivity index (χ0v) is 18.9. The third kappa shape index (κ3) is 5.57. The molecule has 174 valence electrons. The highest BCUT2D eigenvalue weighted by Crippen LogP contribution is 2.26. The Balaban J connectivity index is 1.50. The molecule has 0 amide bonds. The minimum atomic E-state index is -0.997. The Kier molecular flexibility index (Phi) is 7.15. The zero-order valence-electron chi connectivity index (χ0n) is 18.9. The van der Waals surface area contributed by atoms with Crippen molar-refractivity contribution < 1.29 is 14.6 Å². The molecule has 0 atom stereocenters. The second kappa shape index (κ2) is 10.4. The van der Waals surface area contributed by atoms with Gasteiger partial charge in [-0.15, -0.1) is 0 Å². The van der Waals surface area contributed by atoms with Gasteiger partial charge < -0.3 is 21.0 Å². The van der Waals surface area contributed by atoms with Gasteiger partial charge in [0, 0.05) is 37.3 Å². The van der Waals surface area contributed by atoms with E-state index in [9.17, 15) is 9.90 Å². The van der Waals surface area contributed by atoms with Crippen molar-refractivity contribution in [3.05, 3.63) is 89.0 Å². The molecule has 7 nitrogen and oxygen atoms in total. The summed E-state index contributed by atoms with van der Waals surface area (Å²) in [6, 6.07) is 20.0. The Morgan fingerprint density at radius 1 is 0.941 bits per heavy atom. The van der Waals surface area contributed by atoms with Crippen LogP contribution in [0.2, 0.25) is 0 Å². The van der Waals surface area contributed by atoms with Crippen LogP contribution in [0.25, 0.3) is 11.1 Å². The molecular formula is C27H28N4O3. The number of hydrogen-bond donors (Lipinski definition) is 4. The van der Waals surface area contributed by atoms with Crippen LogP contribution in [-0.4, -0.2) is 53.7 Å². The number of rotatable bonds is 8. The second-order valence-corrected chi connectivity index (χ2v) is 8.43. The Hall–Kier alpha value is -3.81. The van der Waals surface area contributed by atoms with Gasteiger partial charge in [0.1, 0.15) is 0 Å². The summed E-state index contributed by atoms with van der Waals surface area (Å²) in [5, 5.41) is 26.5. The molecule has 1 fully saturated rings. The van der Waals surface area contributed by atoms with Crippen molar-refractivity contribution in [1.29, 1.82) is 10.8 Å². The maximum atomic E-state index is 11.3. The van der Waals surface area contributed by atoms with E-state index in [1.807, 2.05) is 18.2 Å². The maximum absolute atomic E-state index is 11.3. The molecule has 3 aromatic rings. The minimum absolute atomic E-state index is 0.0623. The van der Waals surface area contributed by atoms with E-state index >= 15 is 0 Å². The first-order chi connectivity index (χ1) is 16.4.